The van der Waals surface area contributed by atoms with Gasteiger partial charge in [0.2, 0.25) is 0 Å². The van der Waals surface area contributed by atoms with Gasteiger partial charge in [0.15, 0.2) is 0 Å². The maximum Gasteiger partial charge on any atom is 0.108 e. The molecule has 0 N–H and O–H groups in total. The van der Waals surface area contributed by atoms with Crippen LogP contribution < -0.4 is 0 Å². The third-order valence-corrected chi connectivity index (χ3v) is 4.50. The Balaban J connectivity index is 0.000000833. The van der Waals surface area contributed by atoms with Crippen molar-refractivity contribution in [1.82, 2.24) is 15.0 Å². The Hall–Kier alpha value is -1.10. The number of ether oxygens (including phenoxy) is 6. The van der Waals surface area contributed by atoms with Crippen molar-refractivity contribution in [2.24, 2.45) is 11.8 Å². The van der Waals surface area contributed by atoms with Crippen LogP contribution in [0.3, 0.4) is 0 Å². The van der Waals surface area contributed by atoms with E-state index in [1.165, 1.54) is 0 Å². The Labute approximate surface area is 207 Å². The third kappa shape index (κ3) is 24.0. The Kier molecular flexibility index (Phi) is 24.2. The molecule has 0 aliphatic carbocycles. The summed E-state index contributed by atoms with van der Waals surface area (Å²) in [6, 6.07) is 0. The van der Waals surface area contributed by atoms with Gasteiger partial charge >= 0.3 is 0 Å². The minimum absolute atomic E-state index is 0.457. The fourth-order valence-electron chi connectivity index (χ4n) is 2.44. The van der Waals surface area contributed by atoms with Gasteiger partial charge in [-0.2, -0.15) is 0 Å². The first-order chi connectivity index (χ1) is 16.5. The summed E-state index contributed by atoms with van der Waals surface area (Å²) in [5.41, 5.74) is 0.821. The van der Waals surface area contributed by atoms with Crippen LogP contribution in [0.1, 0.15) is 60.1 Å². The summed E-state index contributed by atoms with van der Waals surface area (Å²) < 4.78 is 33.8. The zero-order chi connectivity index (χ0) is 25.3. The fourth-order valence-corrected chi connectivity index (χ4v) is 2.44. The molecule has 0 spiro atoms. The summed E-state index contributed by atoms with van der Waals surface area (Å²) in [4.78, 5) is 0. The van der Waals surface area contributed by atoms with Gasteiger partial charge in [-0.05, 0) is 38.5 Å². The molecule has 0 atom stereocenters. The molecule has 34 heavy (non-hydrogen) atoms. The SMILES string of the molecule is CCOCCOCCC(C)C.CCOCCOCCn1cc(COCCOCCC(C)C)nn1. The molecule has 202 valence electrons. The second-order valence-electron chi connectivity index (χ2n) is 8.62. The lowest BCUT2D eigenvalue weighted by Gasteiger charge is -2.06. The summed E-state index contributed by atoms with van der Waals surface area (Å²) in [5, 5.41) is 8.11. The van der Waals surface area contributed by atoms with E-state index in [2.05, 4.69) is 38.0 Å². The molecule has 0 unspecified atom stereocenters. The number of hydrogen-bond acceptors (Lipinski definition) is 8. The lowest BCUT2D eigenvalue weighted by molar-refractivity contribution is 0.0361. The molecule has 0 amide bonds. The smallest absolute Gasteiger partial charge is 0.108 e. The van der Waals surface area contributed by atoms with Gasteiger partial charge in [0, 0.05) is 26.4 Å². The molecule has 0 fully saturated rings. The van der Waals surface area contributed by atoms with E-state index in [4.69, 9.17) is 28.4 Å². The average molecular weight is 490 g/mol. The lowest BCUT2D eigenvalue weighted by Crippen LogP contribution is -2.10. The minimum Gasteiger partial charge on any atom is -0.379 e. The van der Waals surface area contributed by atoms with E-state index in [9.17, 15) is 0 Å². The van der Waals surface area contributed by atoms with Crippen LogP contribution in [-0.4, -0.2) is 87.7 Å². The predicted octanol–water partition coefficient (Wildman–Crippen LogP) is 4.00. The van der Waals surface area contributed by atoms with Crippen molar-refractivity contribution in [1.29, 1.82) is 0 Å². The molecule has 9 nitrogen and oxygen atoms in total. The van der Waals surface area contributed by atoms with E-state index in [0.29, 0.717) is 52.1 Å². The van der Waals surface area contributed by atoms with Crippen molar-refractivity contribution in [3.63, 3.8) is 0 Å². The van der Waals surface area contributed by atoms with E-state index >= 15 is 0 Å². The highest BCUT2D eigenvalue weighted by atomic mass is 16.5. The first kappa shape index (κ1) is 32.9. The third-order valence-electron chi connectivity index (χ3n) is 4.50. The lowest BCUT2D eigenvalue weighted by atomic mass is 10.1. The first-order valence-corrected chi connectivity index (χ1v) is 12.8. The van der Waals surface area contributed by atoms with Crippen LogP contribution >= 0.6 is 0 Å². The molecule has 0 aliphatic heterocycles. The maximum absolute atomic E-state index is 5.52. The van der Waals surface area contributed by atoms with Gasteiger partial charge in [-0.25, -0.2) is 4.68 Å². The number of hydrogen-bond donors (Lipinski definition) is 0. The molecule has 1 rings (SSSR count). The molecule has 0 aliphatic rings. The van der Waals surface area contributed by atoms with Crippen molar-refractivity contribution < 1.29 is 28.4 Å². The highest BCUT2D eigenvalue weighted by Gasteiger charge is 2.01. The molecule has 0 saturated heterocycles. The maximum atomic E-state index is 5.52. The molecular formula is C25H51N3O6. The quantitative estimate of drug-likeness (QED) is 0.226. The number of aromatic nitrogens is 3. The second kappa shape index (κ2) is 25.0. The van der Waals surface area contributed by atoms with E-state index in [1.807, 2.05) is 20.0 Å². The van der Waals surface area contributed by atoms with E-state index in [0.717, 1.165) is 64.1 Å². The monoisotopic (exact) mass is 489 g/mol. The number of nitrogens with zero attached hydrogens (tertiary/aromatic N) is 3. The van der Waals surface area contributed by atoms with Crippen molar-refractivity contribution in [2.75, 3.05) is 72.7 Å². The molecule has 1 aromatic rings. The molecule has 1 heterocycles. The zero-order valence-corrected chi connectivity index (χ0v) is 22.6. The summed E-state index contributed by atoms with van der Waals surface area (Å²) in [6.45, 7) is 21.5. The van der Waals surface area contributed by atoms with Crippen LogP contribution in [0.4, 0.5) is 0 Å². The van der Waals surface area contributed by atoms with Gasteiger partial charge in [0.05, 0.1) is 65.6 Å². The van der Waals surface area contributed by atoms with E-state index in [1.54, 1.807) is 4.68 Å². The van der Waals surface area contributed by atoms with Crippen molar-refractivity contribution in [3.8, 4) is 0 Å². The average Bonchev–Trinajstić information content (AvgIpc) is 3.25. The molecule has 0 saturated carbocycles. The van der Waals surface area contributed by atoms with Crippen LogP contribution in [0.25, 0.3) is 0 Å². The van der Waals surface area contributed by atoms with Crippen LogP contribution in [0.15, 0.2) is 6.20 Å². The summed E-state index contributed by atoms with van der Waals surface area (Å²) in [6.07, 6.45) is 4.11. The molecule has 1 aromatic heterocycles. The van der Waals surface area contributed by atoms with Gasteiger partial charge in [-0.1, -0.05) is 32.9 Å². The normalized spacial score (nSPS) is 11.3. The van der Waals surface area contributed by atoms with Gasteiger partial charge in [-0.3, -0.25) is 0 Å². The Bertz CT molecular complexity index is 529. The van der Waals surface area contributed by atoms with Crippen LogP contribution in [-0.2, 0) is 41.6 Å². The summed E-state index contributed by atoms with van der Waals surface area (Å²) in [7, 11) is 0. The zero-order valence-electron chi connectivity index (χ0n) is 22.6. The van der Waals surface area contributed by atoms with Crippen molar-refractivity contribution in [2.45, 2.75) is 67.5 Å². The predicted molar refractivity (Wildman–Crippen MR) is 134 cm³/mol. The van der Waals surface area contributed by atoms with Crippen LogP contribution in [0.5, 0.6) is 0 Å². The van der Waals surface area contributed by atoms with Gasteiger partial charge in [-0.15, -0.1) is 5.10 Å². The fraction of sp³-hybridized carbons (Fsp3) is 0.920. The van der Waals surface area contributed by atoms with E-state index in [-0.39, 0.29) is 0 Å². The highest BCUT2D eigenvalue weighted by molar-refractivity contribution is 4.89. The minimum atomic E-state index is 0.457. The topological polar surface area (TPSA) is 86.1 Å². The Morgan fingerprint density at radius 2 is 1.12 bits per heavy atom. The Morgan fingerprint density at radius 1 is 0.647 bits per heavy atom. The standard InChI is InChI=1S/C16H31N3O4.C9H20O2/c1-4-20-9-10-22-8-6-19-13-16(17-18-19)14-23-12-11-21-7-5-15(2)3;1-4-10-7-8-11-6-5-9(2)3/h13,15H,4-12,14H2,1-3H3;9H,4-8H2,1-3H3. The molecule has 9 heteroatoms. The number of rotatable bonds is 22. The van der Waals surface area contributed by atoms with Crippen LogP contribution in [0.2, 0.25) is 0 Å². The van der Waals surface area contributed by atoms with Crippen molar-refractivity contribution in [3.05, 3.63) is 11.9 Å². The van der Waals surface area contributed by atoms with Crippen molar-refractivity contribution >= 4 is 0 Å². The molecule has 0 aromatic carbocycles. The summed E-state index contributed by atoms with van der Waals surface area (Å²) in [5.74, 6) is 1.41. The van der Waals surface area contributed by atoms with Crippen LogP contribution in [0, 0.1) is 11.8 Å². The molecule has 0 bridgehead atoms. The highest BCUT2D eigenvalue weighted by Crippen LogP contribution is 2.00. The van der Waals surface area contributed by atoms with Gasteiger partial charge < -0.3 is 28.4 Å². The molecular weight excluding hydrogens is 438 g/mol. The first-order valence-electron chi connectivity index (χ1n) is 12.8. The molecule has 0 radical (unpaired) electrons. The largest absolute Gasteiger partial charge is 0.379 e. The van der Waals surface area contributed by atoms with Gasteiger partial charge in [0.1, 0.15) is 5.69 Å². The second-order valence-corrected chi connectivity index (χ2v) is 8.62. The van der Waals surface area contributed by atoms with Gasteiger partial charge in [0.25, 0.3) is 0 Å². The Morgan fingerprint density at radius 3 is 1.62 bits per heavy atom. The summed E-state index contributed by atoms with van der Waals surface area (Å²) >= 11 is 0. The van der Waals surface area contributed by atoms with E-state index < -0.39 is 0 Å².